The molecule has 3 rings (SSSR count). The third-order valence-electron chi connectivity index (χ3n) is 3.52. The Bertz CT molecular complexity index is 624. The SMILES string of the molecule is O=C(N[C@H]1CCc2ccccc21)c1cccc(I)c1. The molecular weight excluding hydrogens is 349 g/mol. The number of amides is 1. The molecule has 1 aliphatic carbocycles. The van der Waals surface area contributed by atoms with Gasteiger partial charge in [-0.1, -0.05) is 30.3 Å². The Kier molecular flexibility index (Phi) is 3.55. The molecule has 0 heterocycles. The maximum atomic E-state index is 12.2. The summed E-state index contributed by atoms with van der Waals surface area (Å²) in [5.74, 6) is 0.0141. The van der Waals surface area contributed by atoms with Crippen LogP contribution in [0.25, 0.3) is 0 Å². The summed E-state index contributed by atoms with van der Waals surface area (Å²) >= 11 is 2.22. The van der Waals surface area contributed by atoms with E-state index in [1.807, 2.05) is 30.3 Å². The van der Waals surface area contributed by atoms with Crippen LogP contribution in [0.15, 0.2) is 48.5 Å². The molecular formula is C16H14INO. The van der Waals surface area contributed by atoms with Crippen molar-refractivity contribution < 1.29 is 4.79 Å². The van der Waals surface area contributed by atoms with Crippen LogP contribution in [0, 0.1) is 3.57 Å². The van der Waals surface area contributed by atoms with Gasteiger partial charge in [-0.2, -0.15) is 0 Å². The molecule has 1 N–H and O–H groups in total. The van der Waals surface area contributed by atoms with E-state index in [2.05, 4.69) is 46.1 Å². The van der Waals surface area contributed by atoms with Gasteiger partial charge in [0.25, 0.3) is 5.91 Å². The van der Waals surface area contributed by atoms with Crippen molar-refractivity contribution in [1.29, 1.82) is 0 Å². The van der Waals surface area contributed by atoms with E-state index < -0.39 is 0 Å². The van der Waals surface area contributed by atoms with Crippen molar-refractivity contribution in [1.82, 2.24) is 5.32 Å². The molecule has 0 unspecified atom stereocenters. The molecule has 0 saturated carbocycles. The van der Waals surface area contributed by atoms with E-state index in [0.29, 0.717) is 0 Å². The van der Waals surface area contributed by atoms with Crippen LogP contribution in [0.3, 0.4) is 0 Å². The highest BCUT2D eigenvalue weighted by Gasteiger charge is 2.23. The Morgan fingerprint density at radius 1 is 1.16 bits per heavy atom. The minimum Gasteiger partial charge on any atom is -0.345 e. The highest BCUT2D eigenvalue weighted by Crippen LogP contribution is 2.30. The summed E-state index contributed by atoms with van der Waals surface area (Å²) in [7, 11) is 0. The molecule has 0 radical (unpaired) electrons. The summed E-state index contributed by atoms with van der Waals surface area (Å²) in [5, 5.41) is 3.14. The lowest BCUT2D eigenvalue weighted by Gasteiger charge is -2.14. The second kappa shape index (κ2) is 5.33. The molecule has 0 spiro atoms. The van der Waals surface area contributed by atoms with Crippen LogP contribution >= 0.6 is 22.6 Å². The van der Waals surface area contributed by atoms with Crippen molar-refractivity contribution in [2.24, 2.45) is 0 Å². The molecule has 2 aromatic carbocycles. The molecule has 1 aliphatic rings. The van der Waals surface area contributed by atoms with Gasteiger partial charge in [-0.3, -0.25) is 4.79 Å². The fraction of sp³-hybridized carbons (Fsp3) is 0.188. The molecule has 0 saturated heterocycles. The summed E-state index contributed by atoms with van der Waals surface area (Å²) in [6, 6.07) is 16.2. The van der Waals surface area contributed by atoms with Gasteiger partial charge in [0.1, 0.15) is 0 Å². The number of carbonyl (C=O) groups is 1. The number of benzene rings is 2. The Hall–Kier alpha value is -1.36. The third kappa shape index (κ3) is 2.66. The topological polar surface area (TPSA) is 29.1 Å². The van der Waals surface area contributed by atoms with Gasteiger partial charge in [0, 0.05) is 9.13 Å². The van der Waals surface area contributed by atoms with Gasteiger partial charge in [0.15, 0.2) is 0 Å². The van der Waals surface area contributed by atoms with E-state index in [1.54, 1.807) is 0 Å². The predicted octanol–water partition coefficient (Wildman–Crippen LogP) is 3.71. The van der Waals surface area contributed by atoms with Crippen LogP contribution < -0.4 is 5.32 Å². The Labute approximate surface area is 126 Å². The van der Waals surface area contributed by atoms with Crippen LogP contribution in [0.5, 0.6) is 0 Å². The van der Waals surface area contributed by atoms with E-state index in [9.17, 15) is 4.79 Å². The van der Waals surface area contributed by atoms with E-state index in [4.69, 9.17) is 0 Å². The van der Waals surface area contributed by atoms with Crippen molar-refractivity contribution in [2.45, 2.75) is 18.9 Å². The fourth-order valence-corrected chi connectivity index (χ4v) is 3.12. The summed E-state index contributed by atoms with van der Waals surface area (Å²) in [4.78, 5) is 12.2. The lowest BCUT2D eigenvalue weighted by Crippen LogP contribution is -2.27. The Morgan fingerprint density at radius 3 is 2.84 bits per heavy atom. The number of nitrogens with one attached hydrogen (secondary N) is 1. The minimum atomic E-state index is 0.0141. The smallest absolute Gasteiger partial charge is 0.251 e. The minimum absolute atomic E-state index is 0.0141. The molecule has 0 fully saturated rings. The van der Waals surface area contributed by atoms with Crippen LogP contribution in [-0.2, 0) is 6.42 Å². The number of fused-ring (bicyclic) bond motifs is 1. The van der Waals surface area contributed by atoms with Gasteiger partial charge in [-0.05, 0) is 64.8 Å². The average molecular weight is 363 g/mol. The Balaban J connectivity index is 1.78. The second-order valence-corrected chi connectivity index (χ2v) is 6.02. The van der Waals surface area contributed by atoms with Crippen molar-refractivity contribution in [2.75, 3.05) is 0 Å². The standard InChI is InChI=1S/C16H14INO/c17-13-6-3-5-12(10-13)16(19)18-15-9-8-11-4-1-2-7-14(11)15/h1-7,10,15H,8-9H2,(H,18,19)/t15-/m0/s1. The van der Waals surface area contributed by atoms with Gasteiger partial charge in [0.2, 0.25) is 0 Å². The first-order chi connectivity index (χ1) is 9.24. The van der Waals surface area contributed by atoms with E-state index in [0.717, 1.165) is 22.0 Å². The summed E-state index contributed by atoms with van der Waals surface area (Å²) in [5.41, 5.74) is 3.35. The van der Waals surface area contributed by atoms with E-state index in [-0.39, 0.29) is 11.9 Å². The zero-order valence-electron chi connectivity index (χ0n) is 10.4. The third-order valence-corrected chi connectivity index (χ3v) is 4.20. The van der Waals surface area contributed by atoms with Crippen molar-refractivity contribution in [3.63, 3.8) is 0 Å². The molecule has 2 aromatic rings. The maximum absolute atomic E-state index is 12.2. The van der Waals surface area contributed by atoms with Crippen molar-refractivity contribution in [3.05, 3.63) is 68.8 Å². The molecule has 96 valence electrons. The van der Waals surface area contributed by atoms with E-state index in [1.165, 1.54) is 11.1 Å². The fourth-order valence-electron chi connectivity index (χ4n) is 2.58. The number of aryl methyl sites for hydroxylation is 1. The lowest BCUT2D eigenvalue weighted by atomic mass is 10.1. The number of hydrogen-bond donors (Lipinski definition) is 1. The first-order valence-electron chi connectivity index (χ1n) is 6.38. The molecule has 19 heavy (non-hydrogen) atoms. The first kappa shape index (κ1) is 12.7. The summed E-state index contributed by atoms with van der Waals surface area (Å²) in [6.45, 7) is 0. The zero-order chi connectivity index (χ0) is 13.2. The van der Waals surface area contributed by atoms with Gasteiger partial charge in [-0.15, -0.1) is 0 Å². The summed E-state index contributed by atoms with van der Waals surface area (Å²) < 4.78 is 1.08. The van der Waals surface area contributed by atoms with Gasteiger partial charge in [-0.25, -0.2) is 0 Å². The zero-order valence-corrected chi connectivity index (χ0v) is 12.6. The molecule has 1 amide bonds. The highest BCUT2D eigenvalue weighted by molar-refractivity contribution is 14.1. The predicted molar refractivity (Wildman–Crippen MR) is 84.1 cm³/mol. The van der Waals surface area contributed by atoms with Gasteiger partial charge in [0.05, 0.1) is 6.04 Å². The lowest BCUT2D eigenvalue weighted by molar-refractivity contribution is 0.0936. The number of carbonyl (C=O) groups excluding carboxylic acids is 1. The van der Waals surface area contributed by atoms with Crippen LogP contribution in [0.1, 0.15) is 33.9 Å². The molecule has 1 atom stereocenters. The second-order valence-electron chi connectivity index (χ2n) is 4.77. The van der Waals surface area contributed by atoms with E-state index >= 15 is 0 Å². The van der Waals surface area contributed by atoms with Gasteiger partial charge >= 0.3 is 0 Å². The molecule has 2 nitrogen and oxygen atoms in total. The van der Waals surface area contributed by atoms with Crippen LogP contribution in [-0.4, -0.2) is 5.91 Å². The summed E-state index contributed by atoms with van der Waals surface area (Å²) in [6.07, 6.45) is 2.04. The molecule has 3 heteroatoms. The molecule has 0 aliphatic heterocycles. The highest BCUT2D eigenvalue weighted by atomic mass is 127. The maximum Gasteiger partial charge on any atom is 0.251 e. The first-order valence-corrected chi connectivity index (χ1v) is 7.46. The van der Waals surface area contributed by atoms with Crippen molar-refractivity contribution in [3.8, 4) is 0 Å². The number of hydrogen-bond acceptors (Lipinski definition) is 1. The quantitative estimate of drug-likeness (QED) is 0.810. The van der Waals surface area contributed by atoms with Gasteiger partial charge < -0.3 is 5.32 Å². The largest absolute Gasteiger partial charge is 0.345 e. The van der Waals surface area contributed by atoms with Crippen molar-refractivity contribution >= 4 is 28.5 Å². The average Bonchev–Trinajstić information content (AvgIpc) is 2.82. The Morgan fingerprint density at radius 2 is 2.00 bits per heavy atom. The van der Waals surface area contributed by atoms with Crippen LogP contribution in [0.2, 0.25) is 0 Å². The molecule has 0 aromatic heterocycles. The normalized spacial score (nSPS) is 17.0. The number of halogens is 1. The molecule has 0 bridgehead atoms. The van der Waals surface area contributed by atoms with Crippen LogP contribution in [0.4, 0.5) is 0 Å². The number of rotatable bonds is 2. The monoisotopic (exact) mass is 363 g/mol.